The van der Waals surface area contributed by atoms with Gasteiger partial charge in [-0.3, -0.25) is 0 Å². The summed E-state index contributed by atoms with van der Waals surface area (Å²) in [5.74, 6) is 0. The van der Waals surface area contributed by atoms with Crippen LogP contribution in [0.25, 0.3) is 0 Å². The number of halogens is 1. The Morgan fingerprint density at radius 1 is 1.50 bits per heavy atom. The minimum atomic E-state index is -0.740. The van der Waals surface area contributed by atoms with Crippen LogP contribution in [0.1, 0.15) is 31.9 Å². The second kappa shape index (κ2) is 7.24. The third-order valence-corrected chi connectivity index (χ3v) is 3.48. The lowest BCUT2D eigenvalue weighted by molar-refractivity contribution is 0.0231. The molecule has 1 aromatic rings. The lowest BCUT2D eigenvalue weighted by Crippen LogP contribution is -2.39. The monoisotopic (exact) mass is 315 g/mol. The van der Waals surface area contributed by atoms with Crippen LogP contribution in [0.4, 0.5) is 0 Å². The third kappa shape index (κ3) is 5.48. The van der Waals surface area contributed by atoms with Crippen molar-refractivity contribution >= 4 is 15.9 Å². The van der Waals surface area contributed by atoms with Crippen LogP contribution in [-0.4, -0.2) is 31.0 Å². The quantitative estimate of drug-likeness (QED) is 0.813. The Morgan fingerprint density at radius 3 is 2.83 bits per heavy atom. The van der Waals surface area contributed by atoms with Crippen LogP contribution in [-0.2, 0) is 4.74 Å². The molecule has 18 heavy (non-hydrogen) atoms. The number of benzene rings is 1. The predicted octanol–water partition coefficient (Wildman–Crippen LogP) is 2.89. The smallest absolute Gasteiger partial charge is 0.0765 e. The van der Waals surface area contributed by atoms with Gasteiger partial charge in [-0.1, -0.05) is 28.1 Å². The number of ether oxygens (including phenoxy) is 1. The molecule has 1 aromatic carbocycles. The molecule has 0 saturated heterocycles. The molecular formula is C14H22BrNO2. The molecule has 2 N–H and O–H groups in total. The number of methoxy groups -OCH3 is 1. The lowest BCUT2D eigenvalue weighted by Gasteiger charge is -2.26. The molecule has 102 valence electrons. The third-order valence-electron chi connectivity index (χ3n) is 2.98. The Balaban J connectivity index is 2.48. The predicted molar refractivity (Wildman–Crippen MR) is 77.7 cm³/mol. The maximum Gasteiger partial charge on any atom is 0.0765 e. The summed E-state index contributed by atoms with van der Waals surface area (Å²) in [4.78, 5) is 0. The molecule has 0 bridgehead atoms. The number of rotatable bonds is 7. The maximum atomic E-state index is 10.1. The largest absolute Gasteiger partial charge is 0.389 e. The Bertz CT molecular complexity index is 369. The molecule has 2 atom stereocenters. The van der Waals surface area contributed by atoms with E-state index in [9.17, 15) is 5.11 Å². The molecule has 0 fully saturated rings. The second-order valence-corrected chi connectivity index (χ2v) is 5.81. The Morgan fingerprint density at radius 2 is 2.22 bits per heavy atom. The van der Waals surface area contributed by atoms with Crippen molar-refractivity contribution in [2.75, 3.05) is 20.3 Å². The maximum absolute atomic E-state index is 10.1. The van der Waals surface area contributed by atoms with Crippen LogP contribution >= 0.6 is 15.9 Å². The van der Waals surface area contributed by atoms with E-state index >= 15 is 0 Å². The lowest BCUT2D eigenvalue weighted by atomic mass is 10.0. The van der Waals surface area contributed by atoms with Gasteiger partial charge in [0.15, 0.2) is 0 Å². The molecular weight excluding hydrogens is 294 g/mol. The van der Waals surface area contributed by atoms with Crippen molar-refractivity contribution in [3.8, 4) is 0 Å². The fourth-order valence-electron chi connectivity index (χ4n) is 1.68. The molecule has 3 nitrogen and oxygen atoms in total. The van der Waals surface area contributed by atoms with Crippen molar-refractivity contribution in [3.63, 3.8) is 0 Å². The van der Waals surface area contributed by atoms with Crippen molar-refractivity contribution in [3.05, 3.63) is 34.3 Å². The molecule has 0 amide bonds. The molecule has 0 aliphatic heterocycles. The summed E-state index contributed by atoms with van der Waals surface area (Å²) in [7, 11) is 1.65. The van der Waals surface area contributed by atoms with Crippen LogP contribution in [0.15, 0.2) is 28.7 Å². The topological polar surface area (TPSA) is 41.5 Å². The van der Waals surface area contributed by atoms with Gasteiger partial charge in [-0.2, -0.15) is 0 Å². The average Bonchev–Trinajstić information content (AvgIpc) is 2.34. The average molecular weight is 316 g/mol. The van der Waals surface area contributed by atoms with E-state index in [1.807, 2.05) is 19.1 Å². The summed E-state index contributed by atoms with van der Waals surface area (Å²) in [5, 5.41) is 13.5. The molecule has 0 saturated carbocycles. The molecule has 0 spiro atoms. The van der Waals surface area contributed by atoms with E-state index in [1.165, 1.54) is 5.56 Å². The molecule has 1 rings (SSSR count). The summed E-state index contributed by atoms with van der Waals surface area (Å²) in [6, 6.07) is 8.39. The molecule has 0 heterocycles. The molecule has 0 aromatic heterocycles. The number of nitrogens with one attached hydrogen (secondary N) is 1. The first kappa shape index (κ1) is 15.6. The van der Waals surface area contributed by atoms with Gasteiger partial charge in [0.2, 0.25) is 0 Å². The highest BCUT2D eigenvalue weighted by Crippen LogP contribution is 2.18. The van der Waals surface area contributed by atoms with Gasteiger partial charge < -0.3 is 15.2 Å². The zero-order valence-corrected chi connectivity index (χ0v) is 12.8. The Kier molecular flexibility index (Phi) is 6.29. The Labute approximate surface area is 118 Å². The highest BCUT2D eigenvalue weighted by Gasteiger charge is 2.20. The zero-order valence-electron chi connectivity index (χ0n) is 11.2. The summed E-state index contributed by atoms with van der Waals surface area (Å²) < 4.78 is 6.06. The molecule has 0 aliphatic carbocycles. The van der Waals surface area contributed by atoms with E-state index < -0.39 is 5.60 Å². The first-order valence-corrected chi connectivity index (χ1v) is 6.94. The van der Waals surface area contributed by atoms with Gasteiger partial charge in [-0.15, -0.1) is 0 Å². The molecule has 0 radical (unpaired) electrons. The van der Waals surface area contributed by atoms with Crippen LogP contribution in [0, 0.1) is 0 Å². The highest BCUT2D eigenvalue weighted by atomic mass is 79.9. The van der Waals surface area contributed by atoms with Crippen molar-refractivity contribution < 1.29 is 9.84 Å². The van der Waals surface area contributed by atoms with Crippen molar-refractivity contribution in [1.29, 1.82) is 0 Å². The zero-order chi connectivity index (χ0) is 13.6. The molecule has 2 unspecified atom stereocenters. The van der Waals surface area contributed by atoms with Gasteiger partial charge in [0.05, 0.1) is 5.60 Å². The first-order chi connectivity index (χ1) is 8.44. The molecule has 4 heteroatoms. The van der Waals surface area contributed by atoms with Crippen LogP contribution in [0.2, 0.25) is 0 Å². The van der Waals surface area contributed by atoms with Crippen LogP contribution < -0.4 is 5.32 Å². The van der Waals surface area contributed by atoms with E-state index in [0.717, 1.165) is 4.47 Å². The van der Waals surface area contributed by atoms with Crippen LogP contribution in [0.5, 0.6) is 0 Å². The van der Waals surface area contributed by atoms with Gasteiger partial charge in [0.25, 0.3) is 0 Å². The SMILES string of the molecule is COCCC(C)(O)CNC(C)c1cccc(Br)c1. The van der Waals surface area contributed by atoms with E-state index in [2.05, 4.69) is 40.3 Å². The van der Waals surface area contributed by atoms with Gasteiger partial charge in [0.1, 0.15) is 0 Å². The first-order valence-electron chi connectivity index (χ1n) is 6.15. The minimum Gasteiger partial charge on any atom is -0.389 e. The van der Waals surface area contributed by atoms with Crippen molar-refractivity contribution in [2.24, 2.45) is 0 Å². The summed E-state index contributed by atoms with van der Waals surface area (Å²) in [6.07, 6.45) is 0.627. The van der Waals surface area contributed by atoms with Gasteiger partial charge in [0, 0.05) is 37.2 Å². The second-order valence-electron chi connectivity index (χ2n) is 4.90. The number of hydrogen-bond acceptors (Lipinski definition) is 3. The number of hydrogen-bond donors (Lipinski definition) is 2. The molecule has 0 aliphatic rings. The minimum absolute atomic E-state index is 0.205. The van der Waals surface area contributed by atoms with Crippen LogP contribution in [0.3, 0.4) is 0 Å². The van der Waals surface area contributed by atoms with Crippen molar-refractivity contribution in [1.82, 2.24) is 5.32 Å². The van der Waals surface area contributed by atoms with Gasteiger partial charge in [-0.25, -0.2) is 0 Å². The highest BCUT2D eigenvalue weighted by molar-refractivity contribution is 9.10. The fraction of sp³-hybridized carbons (Fsp3) is 0.571. The van der Waals surface area contributed by atoms with E-state index in [0.29, 0.717) is 19.6 Å². The standard InChI is InChI=1S/C14H22BrNO2/c1-11(12-5-4-6-13(15)9-12)16-10-14(2,17)7-8-18-3/h4-6,9,11,16-17H,7-8,10H2,1-3H3. The van der Waals surface area contributed by atoms with Gasteiger partial charge >= 0.3 is 0 Å². The normalized spacial score (nSPS) is 16.3. The Hall–Kier alpha value is -0.420. The van der Waals surface area contributed by atoms with E-state index in [-0.39, 0.29) is 6.04 Å². The van der Waals surface area contributed by atoms with E-state index in [1.54, 1.807) is 7.11 Å². The number of aliphatic hydroxyl groups is 1. The van der Waals surface area contributed by atoms with Crippen molar-refractivity contribution in [2.45, 2.75) is 31.9 Å². The van der Waals surface area contributed by atoms with Gasteiger partial charge in [-0.05, 0) is 31.5 Å². The summed E-state index contributed by atoms with van der Waals surface area (Å²) >= 11 is 3.46. The summed E-state index contributed by atoms with van der Waals surface area (Å²) in [6.45, 7) is 5.03. The summed E-state index contributed by atoms with van der Waals surface area (Å²) in [5.41, 5.74) is 0.461. The van der Waals surface area contributed by atoms with E-state index in [4.69, 9.17) is 4.74 Å². The fourth-order valence-corrected chi connectivity index (χ4v) is 2.09.